The molecule has 0 aliphatic rings. The quantitative estimate of drug-likeness (QED) is 0.686. The number of aryl methyl sites for hydroxylation is 1. The van der Waals surface area contributed by atoms with Crippen LogP contribution < -0.4 is 5.32 Å². The van der Waals surface area contributed by atoms with E-state index in [2.05, 4.69) is 35.5 Å². The highest BCUT2D eigenvalue weighted by Gasteiger charge is 2.38. The molecular weight excluding hydrogens is 367 g/mol. The van der Waals surface area contributed by atoms with Gasteiger partial charge in [-0.15, -0.1) is 5.10 Å². The van der Waals surface area contributed by atoms with Gasteiger partial charge in [-0.3, -0.25) is 4.79 Å². The molecular formula is C15H14F3N7O2. The Labute approximate surface area is 150 Å². The van der Waals surface area contributed by atoms with E-state index in [4.69, 9.17) is 0 Å². The molecule has 12 heteroatoms. The van der Waals surface area contributed by atoms with Crippen LogP contribution in [0.2, 0.25) is 0 Å². The van der Waals surface area contributed by atoms with Gasteiger partial charge in [-0.25, -0.2) is 4.68 Å². The summed E-state index contributed by atoms with van der Waals surface area (Å²) in [6.45, 7) is 1.67. The van der Waals surface area contributed by atoms with E-state index in [9.17, 15) is 18.0 Å². The Bertz CT molecular complexity index is 908. The summed E-state index contributed by atoms with van der Waals surface area (Å²) in [6.07, 6.45) is -4.73. The van der Waals surface area contributed by atoms with Gasteiger partial charge in [0, 0.05) is 13.0 Å². The first kappa shape index (κ1) is 18.5. The number of hydrogen-bond acceptors (Lipinski definition) is 7. The van der Waals surface area contributed by atoms with E-state index in [-0.39, 0.29) is 18.8 Å². The van der Waals surface area contributed by atoms with Gasteiger partial charge in [-0.2, -0.15) is 18.2 Å². The molecule has 0 aliphatic carbocycles. The zero-order valence-corrected chi connectivity index (χ0v) is 14.0. The minimum absolute atomic E-state index is 0.0141. The summed E-state index contributed by atoms with van der Waals surface area (Å²) in [6, 6.07) is 8.03. The number of benzene rings is 1. The van der Waals surface area contributed by atoms with E-state index in [1.165, 1.54) is 4.68 Å². The van der Waals surface area contributed by atoms with Crippen molar-refractivity contribution in [2.45, 2.75) is 25.6 Å². The van der Waals surface area contributed by atoms with Crippen molar-refractivity contribution >= 4 is 5.91 Å². The summed E-state index contributed by atoms with van der Waals surface area (Å²) in [4.78, 5) is 15.9. The van der Waals surface area contributed by atoms with Crippen LogP contribution in [0, 0.1) is 6.92 Å². The third kappa shape index (κ3) is 4.27. The van der Waals surface area contributed by atoms with Crippen molar-refractivity contribution < 1.29 is 22.5 Å². The van der Waals surface area contributed by atoms with Gasteiger partial charge in [-0.1, -0.05) is 35.5 Å². The zero-order valence-electron chi connectivity index (χ0n) is 14.0. The van der Waals surface area contributed by atoms with Crippen LogP contribution in [0.4, 0.5) is 13.2 Å². The van der Waals surface area contributed by atoms with E-state index in [0.717, 1.165) is 0 Å². The third-order valence-electron chi connectivity index (χ3n) is 3.62. The number of nitrogens with one attached hydrogen (secondary N) is 1. The Morgan fingerprint density at radius 3 is 2.63 bits per heavy atom. The number of alkyl halides is 3. The molecule has 1 atom stereocenters. The highest BCUT2D eigenvalue weighted by Crippen LogP contribution is 2.27. The molecule has 0 bridgehead atoms. The summed E-state index contributed by atoms with van der Waals surface area (Å²) in [5.41, 5.74) is 0.657. The smallest absolute Gasteiger partial charge is 0.353 e. The second-order valence-corrected chi connectivity index (χ2v) is 5.54. The lowest BCUT2D eigenvalue weighted by molar-refractivity contribution is -0.159. The van der Waals surface area contributed by atoms with Gasteiger partial charge in [0.2, 0.25) is 5.91 Å². The fourth-order valence-electron chi connectivity index (χ4n) is 2.38. The maximum Gasteiger partial charge on any atom is 0.471 e. The minimum atomic E-state index is -4.70. The molecule has 27 heavy (non-hydrogen) atoms. The molecule has 0 fully saturated rings. The summed E-state index contributed by atoms with van der Waals surface area (Å²) in [7, 11) is 0. The summed E-state index contributed by atoms with van der Waals surface area (Å²) in [5, 5.41) is 17.1. The van der Waals surface area contributed by atoms with Crippen molar-refractivity contribution in [3.8, 4) is 0 Å². The molecule has 2 heterocycles. The van der Waals surface area contributed by atoms with Crippen molar-refractivity contribution in [3.05, 3.63) is 53.4 Å². The van der Waals surface area contributed by atoms with Gasteiger partial charge in [0.25, 0.3) is 0 Å². The lowest BCUT2D eigenvalue weighted by Gasteiger charge is -2.17. The predicted octanol–water partition coefficient (Wildman–Crippen LogP) is 1.33. The van der Waals surface area contributed by atoms with Crippen LogP contribution in [0.5, 0.6) is 0 Å². The van der Waals surface area contributed by atoms with Crippen molar-refractivity contribution in [2.75, 3.05) is 6.54 Å². The first-order chi connectivity index (χ1) is 12.9. The van der Waals surface area contributed by atoms with E-state index in [0.29, 0.717) is 11.4 Å². The number of carbonyl (C=O) groups is 1. The molecule has 0 saturated heterocycles. The maximum atomic E-state index is 12.7. The number of rotatable bonds is 6. The maximum absolute atomic E-state index is 12.7. The van der Waals surface area contributed by atoms with Crippen LogP contribution in [0.1, 0.15) is 29.1 Å². The normalized spacial score (nSPS) is 12.7. The lowest BCUT2D eigenvalue weighted by atomic mass is 10.1. The topological polar surface area (TPSA) is 112 Å². The molecule has 1 N–H and O–H groups in total. The van der Waals surface area contributed by atoms with Gasteiger partial charge < -0.3 is 9.84 Å². The van der Waals surface area contributed by atoms with Gasteiger partial charge in [0.05, 0.1) is 0 Å². The predicted molar refractivity (Wildman–Crippen MR) is 83.1 cm³/mol. The summed E-state index contributed by atoms with van der Waals surface area (Å²) >= 11 is 0. The van der Waals surface area contributed by atoms with Gasteiger partial charge in [0.1, 0.15) is 5.82 Å². The van der Waals surface area contributed by atoms with Crippen LogP contribution in [0.3, 0.4) is 0 Å². The van der Waals surface area contributed by atoms with E-state index >= 15 is 0 Å². The Kier molecular flexibility index (Phi) is 5.14. The molecule has 3 rings (SSSR count). The molecule has 0 aliphatic heterocycles. The van der Waals surface area contributed by atoms with Crippen LogP contribution >= 0.6 is 0 Å². The molecule has 2 aromatic heterocycles. The Morgan fingerprint density at radius 1 is 1.30 bits per heavy atom. The molecule has 0 saturated carbocycles. The molecule has 142 valence electrons. The highest BCUT2D eigenvalue weighted by atomic mass is 19.4. The number of amides is 1. The first-order valence-corrected chi connectivity index (χ1v) is 7.83. The molecule has 9 nitrogen and oxygen atoms in total. The largest absolute Gasteiger partial charge is 0.471 e. The number of carbonyl (C=O) groups excluding carboxylic acids is 1. The molecule has 0 radical (unpaired) electrons. The SMILES string of the molecule is Cc1nnnn1[C@H](C(=O)NCCc1noc(C(F)(F)F)n1)c1ccccc1. The average molecular weight is 381 g/mol. The average Bonchev–Trinajstić information content (AvgIpc) is 3.26. The van der Waals surface area contributed by atoms with E-state index < -0.39 is 24.0 Å². The summed E-state index contributed by atoms with van der Waals surface area (Å²) in [5.74, 6) is -1.56. The number of hydrogen-bond donors (Lipinski definition) is 1. The van der Waals surface area contributed by atoms with Crippen molar-refractivity contribution in [1.29, 1.82) is 0 Å². The van der Waals surface area contributed by atoms with Gasteiger partial charge >= 0.3 is 12.1 Å². The van der Waals surface area contributed by atoms with E-state index in [1.54, 1.807) is 37.3 Å². The highest BCUT2D eigenvalue weighted by molar-refractivity contribution is 5.83. The lowest BCUT2D eigenvalue weighted by Crippen LogP contribution is -2.35. The molecule has 0 spiro atoms. The number of aromatic nitrogens is 6. The Balaban J connectivity index is 1.69. The molecule has 1 amide bonds. The number of halogens is 3. The third-order valence-corrected chi connectivity index (χ3v) is 3.62. The van der Waals surface area contributed by atoms with Crippen LogP contribution in [-0.2, 0) is 17.4 Å². The second kappa shape index (κ2) is 7.51. The Morgan fingerprint density at radius 2 is 2.04 bits per heavy atom. The monoisotopic (exact) mass is 381 g/mol. The molecule has 1 aromatic carbocycles. The van der Waals surface area contributed by atoms with Crippen LogP contribution in [0.25, 0.3) is 0 Å². The van der Waals surface area contributed by atoms with Gasteiger partial charge in [0.15, 0.2) is 11.9 Å². The van der Waals surface area contributed by atoms with Crippen LogP contribution in [-0.4, -0.2) is 42.8 Å². The number of nitrogens with zero attached hydrogens (tertiary/aromatic N) is 6. The molecule has 3 aromatic rings. The van der Waals surface area contributed by atoms with Crippen molar-refractivity contribution in [3.63, 3.8) is 0 Å². The first-order valence-electron chi connectivity index (χ1n) is 7.83. The van der Waals surface area contributed by atoms with Crippen molar-refractivity contribution in [2.24, 2.45) is 0 Å². The van der Waals surface area contributed by atoms with Crippen molar-refractivity contribution in [1.82, 2.24) is 35.7 Å². The number of tetrazole rings is 1. The van der Waals surface area contributed by atoms with E-state index in [1.807, 2.05) is 0 Å². The minimum Gasteiger partial charge on any atom is -0.353 e. The zero-order chi connectivity index (χ0) is 19.4. The van der Waals surface area contributed by atoms with Gasteiger partial charge in [-0.05, 0) is 22.9 Å². The van der Waals surface area contributed by atoms with Crippen LogP contribution in [0.15, 0.2) is 34.9 Å². The fourth-order valence-corrected chi connectivity index (χ4v) is 2.38. The standard InChI is InChI=1S/C15H14F3N7O2/c1-9-21-23-24-25(9)12(10-5-3-2-4-6-10)13(26)19-8-7-11-20-14(27-22-11)15(16,17)18/h2-6,12H,7-8H2,1H3,(H,19,26)/t12-/m0/s1. The fraction of sp³-hybridized carbons (Fsp3) is 0.333. The Hall–Kier alpha value is -3.31. The summed E-state index contributed by atoms with van der Waals surface area (Å²) < 4.78 is 42.9. The molecule has 0 unspecified atom stereocenters. The second-order valence-electron chi connectivity index (χ2n) is 5.54.